The zero-order valence-corrected chi connectivity index (χ0v) is 18.6. The number of nitrogens with one attached hydrogen (secondary N) is 1. The number of nitrogens with zero attached hydrogens (tertiary/aromatic N) is 4. The van der Waals surface area contributed by atoms with Gasteiger partial charge < -0.3 is 15.2 Å². The molecule has 1 saturated carbocycles. The van der Waals surface area contributed by atoms with Gasteiger partial charge in [-0.2, -0.15) is 18.3 Å². The molecule has 0 unspecified atom stereocenters. The minimum atomic E-state index is -4.78. The van der Waals surface area contributed by atoms with Gasteiger partial charge in [-0.05, 0) is 57.7 Å². The average Bonchev–Trinajstić information content (AvgIpc) is 3.20. The summed E-state index contributed by atoms with van der Waals surface area (Å²) >= 11 is 0. The van der Waals surface area contributed by atoms with Crippen molar-refractivity contribution in [1.29, 1.82) is 0 Å². The summed E-state index contributed by atoms with van der Waals surface area (Å²) in [7, 11) is 0. The third-order valence-corrected chi connectivity index (χ3v) is 6.02. The molecule has 0 radical (unpaired) electrons. The maximum absolute atomic E-state index is 12.9. The van der Waals surface area contributed by atoms with Crippen molar-refractivity contribution in [3.63, 3.8) is 0 Å². The van der Waals surface area contributed by atoms with Crippen LogP contribution in [0.5, 0.6) is 0 Å². The van der Waals surface area contributed by atoms with Gasteiger partial charge in [0.2, 0.25) is 5.82 Å². The third kappa shape index (κ3) is 4.93. The molecule has 0 bridgehead atoms. The molecular formula is C23H24F3N5O3. The summed E-state index contributed by atoms with van der Waals surface area (Å²) in [6.07, 6.45) is 2.12. The van der Waals surface area contributed by atoms with Crippen LogP contribution in [0.1, 0.15) is 67.4 Å². The minimum Gasteiger partial charge on any atom is -0.386 e. The van der Waals surface area contributed by atoms with E-state index in [2.05, 4.69) is 20.4 Å². The smallest absolute Gasteiger partial charge is 0.386 e. The predicted molar refractivity (Wildman–Crippen MR) is 117 cm³/mol. The van der Waals surface area contributed by atoms with E-state index in [9.17, 15) is 27.9 Å². The molecule has 0 atom stereocenters. The van der Waals surface area contributed by atoms with E-state index in [-0.39, 0.29) is 17.6 Å². The zero-order valence-electron chi connectivity index (χ0n) is 18.6. The average molecular weight is 475 g/mol. The highest BCUT2D eigenvalue weighted by molar-refractivity contribution is 6.04. The highest BCUT2D eigenvalue weighted by Gasteiger charge is 2.35. The Morgan fingerprint density at radius 3 is 2.53 bits per heavy atom. The van der Waals surface area contributed by atoms with Crippen LogP contribution < -0.4 is 5.32 Å². The lowest BCUT2D eigenvalue weighted by Crippen LogP contribution is -2.22. The number of carbonyl (C=O) groups is 2. The quantitative estimate of drug-likeness (QED) is 0.534. The Morgan fingerprint density at radius 1 is 1.21 bits per heavy atom. The second-order valence-electron chi connectivity index (χ2n) is 9.05. The zero-order chi connectivity index (χ0) is 24.7. The van der Waals surface area contributed by atoms with Crippen LogP contribution in [0.15, 0.2) is 30.6 Å². The number of hydrogen-bond donors (Lipinski definition) is 2. The topological polar surface area (TPSA) is 110 Å². The van der Waals surface area contributed by atoms with Crippen LogP contribution in [-0.2, 0) is 16.6 Å². The Hall–Kier alpha value is -3.34. The first-order chi connectivity index (χ1) is 16.0. The van der Waals surface area contributed by atoms with Gasteiger partial charge in [0.15, 0.2) is 0 Å². The van der Waals surface area contributed by atoms with Gasteiger partial charge in [-0.1, -0.05) is 0 Å². The number of aliphatic hydroxyl groups is 1. The van der Waals surface area contributed by atoms with Gasteiger partial charge in [0.1, 0.15) is 12.0 Å². The molecule has 3 aromatic rings. The number of aromatic nitrogens is 4. The van der Waals surface area contributed by atoms with Gasteiger partial charge in [-0.25, -0.2) is 9.97 Å². The molecule has 34 heavy (non-hydrogen) atoms. The lowest BCUT2D eigenvalue weighted by Gasteiger charge is -2.25. The Kier molecular flexibility index (Phi) is 6.15. The summed E-state index contributed by atoms with van der Waals surface area (Å²) in [6.45, 7) is 3.07. The van der Waals surface area contributed by atoms with E-state index in [0.29, 0.717) is 16.5 Å². The molecule has 2 heterocycles. The van der Waals surface area contributed by atoms with Gasteiger partial charge in [0, 0.05) is 34.9 Å². The summed E-state index contributed by atoms with van der Waals surface area (Å²) in [5.74, 6) is -2.20. The molecule has 2 aromatic heterocycles. The number of benzene rings is 1. The molecule has 1 amide bonds. The number of amides is 1. The van der Waals surface area contributed by atoms with Crippen molar-refractivity contribution < 1.29 is 27.9 Å². The summed E-state index contributed by atoms with van der Waals surface area (Å²) < 4.78 is 40.6. The predicted octanol–water partition coefficient (Wildman–Crippen LogP) is 4.26. The summed E-state index contributed by atoms with van der Waals surface area (Å²) in [5.41, 5.74) is -0.624. The first-order valence-electron chi connectivity index (χ1n) is 10.9. The third-order valence-electron chi connectivity index (χ3n) is 6.02. The molecule has 4 rings (SSSR count). The first-order valence-corrected chi connectivity index (χ1v) is 10.9. The van der Waals surface area contributed by atoms with E-state index in [0.717, 1.165) is 44.2 Å². The fourth-order valence-electron chi connectivity index (χ4n) is 4.20. The Labute approximate surface area is 193 Å². The van der Waals surface area contributed by atoms with Gasteiger partial charge in [0.25, 0.3) is 5.91 Å². The molecule has 1 fully saturated rings. The van der Waals surface area contributed by atoms with Gasteiger partial charge >= 0.3 is 6.18 Å². The van der Waals surface area contributed by atoms with Crippen molar-refractivity contribution in [3.05, 3.63) is 47.7 Å². The van der Waals surface area contributed by atoms with E-state index in [1.807, 2.05) is 10.9 Å². The lowest BCUT2D eigenvalue weighted by molar-refractivity contribution is -0.145. The summed E-state index contributed by atoms with van der Waals surface area (Å²) in [5, 5.41) is 18.6. The number of fused-ring (bicyclic) bond motifs is 1. The molecule has 2 N–H and O–H groups in total. The second-order valence-corrected chi connectivity index (χ2v) is 9.05. The van der Waals surface area contributed by atoms with Crippen molar-refractivity contribution in [2.45, 2.75) is 57.3 Å². The van der Waals surface area contributed by atoms with Crippen molar-refractivity contribution in [2.24, 2.45) is 5.92 Å². The summed E-state index contributed by atoms with van der Waals surface area (Å²) in [4.78, 5) is 30.2. The van der Waals surface area contributed by atoms with Crippen LogP contribution in [0, 0.1) is 5.92 Å². The largest absolute Gasteiger partial charge is 0.451 e. The van der Waals surface area contributed by atoms with Gasteiger partial charge in [0.05, 0.1) is 17.2 Å². The van der Waals surface area contributed by atoms with Crippen molar-refractivity contribution in [3.8, 4) is 0 Å². The molecular weight excluding hydrogens is 451 g/mol. The number of aldehydes is 1. The molecule has 1 aliphatic carbocycles. The van der Waals surface area contributed by atoms with Gasteiger partial charge in [-0.15, -0.1) is 0 Å². The van der Waals surface area contributed by atoms with Crippen molar-refractivity contribution in [2.75, 3.05) is 5.32 Å². The second kappa shape index (κ2) is 8.79. The van der Waals surface area contributed by atoms with Gasteiger partial charge in [-0.3, -0.25) is 9.48 Å². The number of rotatable bonds is 5. The first kappa shape index (κ1) is 23.8. The monoisotopic (exact) mass is 475 g/mol. The van der Waals surface area contributed by atoms with E-state index < -0.39 is 29.2 Å². The van der Waals surface area contributed by atoms with E-state index in [1.165, 1.54) is 13.8 Å². The van der Waals surface area contributed by atoms with Crippen LogP contribution >= 0.6 is 0 Å². The Morgan fingerprint density at radius 2 is 1.91 bits per heavy atom. The van der Waals surface area contributed by atoms with Crippen LogP contribution in [0.2, 0.25) is 0 Å². The van der Waals surface area contributed by atoms with E-state index in [1.54, 1.807) is 12.1 Å². The van der Waals surface area contributed by atoms with Crippen LogP contribution in [-0.4, -0.2) is 37.0 Å². The van der Waals surface area contributed by atoms with Crippen LogP contribution in [0.3, 0.4) is 0 Å². The Bertz CT molecular complexity index is 1220. The van der Waals surface area contributed by atoms with E-state index >= 15 is 0 Å². The maximum Gasteiger partial charge on any atom is 0.451 e. The summed E-state index contributed by atoms with van der Waals surface area (Å²) in [6, 6.07) is 4.50. The standard InChI is InChI=1S/C23H24F3N5O3/c1-22(2,34)16-10-18-14(11-31(30-18)15-5-3-13(12-32)4-6-15)9-19(16)28-20(33)17-7-8-27-21(29-17)23(24,25)26/h7-13,15,34H,3-6H2,1-2H3,(H,28,33)/t13-,15-. The highest BCUT2D eigenvalue weighted by Crippen LogP contribution is 2.35. The molecule has 180 valence electrons. The molecule has 8 nitrogen and oxygen atoms in total. The lowest BCUT2D eigenvalue weighted by atomic mass is 9.87. The fraction of sp³-hybridized carbons (Fsp3) is 0.435. The minimum absolute atomic E-state index is 0.0736. The van der Waals surface area contributed by atoms with E-state index in [4.69, 9.17) is 0 Å². The van der Waals surface area contributed by atoms with Crippen molar-refractivity contribution in [1.82, 2.24) is 19.7 Å². The SMILES string of the molecule is CC(C)(O)c1cc2nn([C@H]3CC[C@H](C=O)CC3)cc2cc1NC(=O)c1ccnc(C(F)(F)F)n1. The number of carbonyl (C=O) groups excluding carboxylic acids is 2. The molecule has 1 aromatic carbocycles. The molecule has 0 spiro atoms. The molecule has 11 heteroatoms. The number of hydrogen-bond acceptors (Lipinski definition) is 6. The number of anilines is 1. The van der Waals surface area contributed by atoms with Crippen LogP contribution in [0.25, 0.3) is 10.9 Å². The molecule has 0 aliphatic heterocycles. The highest BCUT2D eigenvalue weighted by atomic mass is 19.4. The Balaban J connectivity index is 1.66. The van der Waals surface area contributed by atoms with Crippen molar-refractivity contribution >= 4 is 28.8 Å². The number of alkyl halides is 3. The molecule has 0 saturated heterocycles. The molecule has 1 aliphatic rings. The van der Waals surface area contributed by atoms with Crippen LogP contribution in [0.4, 0.5) is 18.9 Å². The normalized spacial score (nSPS) is 19.2. The fourth-order valence-corrected chi connectivity index (χ4v) is 4.20. The maximum atomic E-state index is 12.9. The number of halogens is 3.